The number of nitrogens with one attached hydrogen (secondary N) is 1. The summed E-state index contributed by atoms with van der Waals surface area (Å²) in [5.74, 6) is 0.443. The van der Waals surface area contributed by atoms with Gasteiger partial charge < -0.3 is 10.1 Å². The fourth-order valence-corrected chi connectivity index (χ4v) is 5.02. The van der Waals surface area contributed by atoms with Crippen molar-refractivity contribution in [1.29, 1.82) is 0 Å². The zero-order valence-corrected chi connectivity index (χ0v) is 19.2. The van der Waals surface area contributed by atoms with Crippen LogP contribution in [0.2, 0.25) is 0 Å². The van der Waals surface area contributed by atoms with Gasteiger partial charge >= 0.3 is 0 Å². The number of non-ortho nitro benzene ring substituents is 1. The van der Waals surface area contributed by atoms with Gasteiger partial charge in [0, 0.05) is 23.1 Å². The molecule has 174 valence electrons. The van der Waals surface area contributed by atoms with Crippen molar-refractivity contribution in [2.75, 3.05) is 11.9 Å². The predicted octanol–water partition coefficient (Wildman–Crippen LogP) is 4.57. The fourth-order valence-electron chi connectivity index (χ4n) is 4.11. The van der Waals surface area contributed by atoms with Gasteiger partial charge in [-0.3, -0.25) is 19.9 Å². The van der Waals surface area contributed by atoms with Gasteiger partial charge in [-0.15, -0.1) is 11.3 Å². The van der Waals surface area contributed by atoms with E-state index < -0.39 is 4.92 Å². The summed E-state index contributed by atoms with van der Waals surface area (Å²) in [5.41, 5.74) is 3.10. The Kier molecular flexibility index (Phi) is 6.22. The molecule has 2 aliphatic rings. The zero-order valence-electron chi connectivity index (χ0n) is 18.3. The summed E-state index contributed by atoms with van der Waals surface area (Å²) in [7, 11) is 0. The molecule has 0 atom stereocenters. The first kappa shape index (κ1) is 22.0. The standard InChI is InChI=1S/C24H23N5O4S/c30-23-14-33-22-11-8-17(12-20(22)27-23)21-15-34-24(26-18-4-2-1-3-5-18)28(21)25-13-16-6-9-19(10-7-16)29(31)32/h6-13,15,18H,1-5,14H2,(H,27,30). The van der Waals surface area contributed by atoms with Gasteiger partial charge in [-0.05, 0) is 48.7 Å². The maximum Gasteiger partial charge on any atom is 0.269 e. The van der Waals surface area contributed by atoms with Crippen LogP contribution in [0.1, 0.15) is 37.7 Å². The average molecular weight is 478 g/mol. The average Bonchev–Trinajstić information content (AvgIpc) is 3.25. The minimum atomic E-state index is -0.424. The van der Waals surface area contributed by atoms with E-state index in [1.54, 1.807) is 23.0 Å². The molecule has 0 bridgehead atoms. The molecule has 1 fully saturated rings. The van der Waals surface area contributed by atoms with E-state index in [1.807, 2.05) is 23.6 Å². The highest BCUT2D eigenvalue weighted by Crippen LogP contribution is 2.33. The van der Waals surface area contributed by atoms with Gasteiger partial charge in [0.2, 0.25) is 4.80 Å². The number of fused-ring (bicyclic) bond motifs is 1. The third-order valence-electron chi connectivity index (χ3n) is 5.89. The Morgan fingerprint density at radius 1 is 1.15 bits per heavy atom. The Balaban J connectivity index is 1.54. The highest BCUT2D eigenvalue weighted by molar-refractivity contribution is 7.07. The third-order valence-corrected chi connectivity index (χ3v) is 6.72. The van der Waals surface area contributed by atoms with Crippen molar-refractivity contribution in [2.45, 2.75) is 38.1 Å². The lowest BCUT2D eigenvalue weighted by molar-refractivity contribution is -0.384. The van der Waals surface area contributed by atoms with Crippen LogP contribution in [0.15, 0.2) is 57.9 Å². The molecule has 1 aliphatic heterocycles. The molecule has 2 heterocycles. The lowest BCUT2D eigenvalue weighted by Gasteiger charge is -2.18. The number of nitrogens with zero attached hydrogens (tertiary/aromatic N) is 4. The van der Waals surface area contributed by atoms with Gasteiger partial charge in [0.05, 0.1) is 28.6 Å². The number of nitro groups is 1. The number of amides is 1. The Hall–Kier alpha value is -3.79. The Labute approximate surface area is 199 Å². The summed E-state index contributed by atoms with van der Waals surface area (Å²) in [4.78, 5) is 28.1. The second kappa shape index (κ2) is 9.60. The van der Waals surface area contributed by atoms with Crippen LogP contribution < -0.4 is 14.9 Å². The number of hydrogen-bond acceptors (Lipinski definition) is 7. The van der Waals surface area contributed by atoms with Crippen molar-refractivity contribution in [3.05, 3.63) is 68.3 Å². The fraction of sp³-hybridized carbons (Fsp3) is 0.292. The lowest BCUT2D eigenvalue weighted by Crippen LogP contribution is -2.25. The molecule has 0 spiro atoms. The largest absolute Gasteiger partial charge is 0.482 e. The first-order chi connectivity index (χ1) is 16.6. The van der Waals surface area contributed by atoms with Crippen LogP contribution in [0, 0.1) is 10.1 Å². The van der Waals surface area contributed by atoms with E-state index in [0.717, 1.165) is 34.5 Å². The molecule has 5 rings (SSSR count). The topological polar surface area (TPSA) is 111 Å². The van der Waals surface area contributed by atoms with E-state index in [1.165, 1.54) is 42.7 Å². The van der Waals surface area contributed by atoms with Gasteiger partial charge in [0.25, 0.3) is 11.6 Å². The number of ether oxygens (including phenoxy) is 1. The lowest BCUT2D eigenvalue weighted by atomic mass is 9.96. The highest BCUT2D eigenvalue weighted by atomic mass is 32.1. The molecule has 1 aromatic heterocycles. The van der Waals surface area contributed by atoms with Crippen molar-refractivity contribution in [1.82, 2.24) is 4.68 Å². The summed E-state index contributed by atoms with van der Waals surface area (Å²) in [6.07, 6.45) is 7.43. The van der Waals surface area contributed by atoms with Crippen molar-refractivity contribution in [2.24, 2.45) is 10.1 Å². The monoisotopic (exact) mass is 477 g/mol. The Morgan fingerprint density at radius 3 is 2.71 bits per heavy atom. The molecule has 1 N–H and O–H groups in total. The molecule has 0 radical (unpaired) electrons. The molecule has 9 nitrogen and oxygen atoms in total. The molecule has 1 aliphatic carbocycles. The second-order valence-electron chi connectivity index (χ2n) is 8.28. The van der Waals surface area contributed by atoms with Crippen LogP contribution in [0.4, 0.5) is 11.4 Å². The Bertz CT molecular complexity index is 1320. The van der Waals surface area contributed by atoms with E-state index in [2.05, 4.69) is 5.32 Å². The number of hydrogen-bond donors (Lipinski definition) is 1. The zero-order chi connectivity index (χ0) is 23.5. The molecular formula is C24H23N5O4S. The quantitative estimate of drug-likeness (QED) is 0.330. The SMILES string of the molecule is O=C1COc2ccc(-c3csc(=NC4CCCCC4)n3N=Cc3ccc([N+](=O)[O-])cc3)cc2N1. The predicted molar refractivity (Wildman–Crippen MR) is 130 cm³/mol. The maximum absolute atomic E-state index is 11.8. The number of thiazole rings is 1. The van der Waals surface area contributed by atoms with Gasteiger partial charge in [-0.1, -0.05) is 19.3 Å². The smallest absolute Gasteiger partial charge is 0.269 e. The summed E-state index contributed by atoms with van der Waals surface area (Å²) >= 11 is 1.52. The normalized spacial score (nSPS) is 16.8. The van der Waals surface area contributed by atoms with Crippen LogP contribution in [0.5, 0.6) is 5.75 Å². The summed E-state index contributed by atoms with van der Waals surface area (Å²) in [6, 6.07) is 12.2. The molecule has 0 unspecified atom stereocenters. The van der Waals surface area contributed by atoms with E-state index in [9.17, 15) is 14.9 Å². The molecule has 10 heteroatoms. The molecule has 0 saturated heterocycles. The molecule has 3 aromatic rings. The Morgan fingerprint density at radius 2 is 1.94 bits per heavy atom. The van der Waals surface area contributed by atoms with Gasteiger partial charge in [0.15, 0.2) is 6.61 Å². The minimum absolute atomic E-state index is 0.00868. The second-order valence-corrected chi connectivity index (χ2v) is 9.11. The minimum Gasteiger partial charge on any atom is -0.482 e. The van der Waals surface area contributed by atoms with Crippen molar-refractivity contribution in [3.8, 4) is 17.0 Å². The van der Waals surface area contributed by atoms with Crippen LogP contribution in [-0.2, 0) is 4.79 Å². The highest BCUT2D eigenvalue weighted by Gasteiger charge is 2.18. The summed E-state index contributed by atoms with van der Waals surface area (Å²) < 4.78 is 7.28. The number of carbonyl (C=O) groups is 1. The number of anilines is 1. The van der Waals surface area contributed by atoms with Crippen LogP contribution in [0.3, 0.4) is 0 Å². The summed E-state index contributed by atoms with van der Waals surface area (Å²) in [5, 5.41) is 20.5. The molecule has 1 amide bonds. The number of aromatic nitrogens is 1. The first-order valence-corrected chi connectivity index (χ1v) is 12.0. The van der Waals surface area contributed by atoms with Gasteiger partial charge in [0.1, 0.15) is 5.75 Å². The molecule has 2 aromatic carbocycles. The number of carbonyl (C=O) groups excluding carboxylic acids is 1. The number of rotatable bonds is 5. The van der Waals surface area contributed by atoms with Crippen LogP contribution >= 0.6 is 11.3 Å². The van der Waals surface area contributed by atoms with E-state index in [4.69, 9.17) is 14.8 Å². The summed E-state index contributed by atoms with van der Waals surface area (Å²) in [6.45, 7) is 0.00868. The van der Waals surface area contributed by atoms with Crippen molar-refractivity contribution < 1.29 is 14.5 Å². The van der Waals surface area contributed by atoms with E-state index in [-0.39, 0.29) is 24.2 Å². The van der Waals surface area contributed by atoms with Crippen LogP contribution in [0.25, 0.3) is 11.3 Å². The van der Waals surface area contributed by atoms with E-state index in [0.29, 0.717) is 11.4 Å². The maximum atomic E-state index is 11.8. The molecular weight excluding hydrogens is 454 g/mol. The molecule has 34 heavy (non-hydrogen) atoms. The van der Waals surface area contributed by atoms with Gasteiger partial charge in [-0.2, -0.15) is 5.10 Å². The number of benzene rings is 2. The van der Waals surface area contributed by atoms with Gasteiger partial charge in [-0.25, -0.2) is 4.68 Å². The molecule has 1 saturated carbocycles. The van der Waals surface area contributed by atoms with E-state index >= 15 is 0 Å². The van der Waals surface area contributed by atoms with Crippen molar-refractivity contribution >= 4 is 34.8 Å². The third kappa shape index (κ3) is 4.76. The number of nitro benzene ring substituents is 1. The van der Waals surface area contributed by atoms with Crippen LogP contribution in [-0.4, -0.2) is 34.4 Å². The first-order valence-electron chi connectivity index (χ1n) is 11.2. The van der Waals surface area contributed by atoms with Crippen molar-refractivity contribution in [3.63, 3.8) is 0 Å².